The third kappa shape index (κ3) is 2.31. The number of rotatable bonds is 4. The van der Waals surface area contributed by atoms with Gasteiger partial charge in [0.25, 0.3) is 0 Å². The maximum absolute atomic E-state index is 5.78. The second kappa shape index (κ2) is 5.41. The lowest BCUT2D eigenvalue weighted by molar-refractivity contribution is 0.0832. The lowest BCUT2D eigenvalue weighted by atomic mass is 9.99. The molecule has 1 N–H and O–H groups in total. The van der Waals surface area contributed by atoms with E-state index < -0.39 is 0 Å². The first-order valence-corrected chi connectivity index (χ1v) is 7.23. The van der Waals surface area contributed by atoms with Crippen LogP contribution in [0.25, 0.3) is 0 Å². The van der Waals surface area contributed by atoms with Crippen molar-refractivity contribution >= 4 is 0 Å². The second-order valence-corrected chi connectivity index (χ2v) is 5.49. The molecule has 0 aliphatic carbocycles. The summed E-state index contributed by atoms with van der Waals surface area (Å²) in [6.07, 6.45) is 9.28. The quantitative estimate of drug-likeness (QED) is 0.888. The summed E-state index contributed by atoms with van der Waals surface area (Å²) in [5, 5.41) is 3.56. The van der Waals surface area contributed by atoms with E-state index in [-0.39, 0.29) is 0 Å². The molecule has 100 valence electrons. The summed E-state index contributed by atoms with van der Waals surface area (Å²) >= 11 is 0. The average molecular weight is 249 g/mol. The van der Waals surface area contributed by atoms with Crippen molar-refractivity contribution in [1.82, 2.24) is 14.9 Å². The lowest BCUT2D eigenvalue weighted by Gasteiger charge is -2.20. The van der Waals surface area contributed by atoms with Gasteiger partial charge in [-0.3, -0.25) is 0 Å². The smallest absolute Gasteiger partial charge is 0.0948 e. The molecule has 18 heavy (non-hydrogen) atoms. The molecule has 1 aromatic heterocycles. The molecule has 2 saturated heterocycles. The fourth-order valence-corrected chi connectivity index (χ4v) is 3.32. The number of ether oxygens (including phenoxy) is 1. The third-order valence-corrected chi connectivity index (χ3v) is 4.34. The predicted molar refractivity (Wildman–Crippen MR) is 70.3 cm³/mol. The molecular formula is C14H23N3O. The van der Waals surface area contributed by atoms with E-state index in [9.17, 15) is 0 Å². The predicted octanol–water partition coefficient (Wildman–Crippen LogP) is 2.12. The van der Waals surface area contributed by atoms with Crippen LogP contribution in [0.15, 0.2) is 12.5 Å². The van der Waals surface area contributed by atoms with Crippen molar-refractivity contribution in [2.45, 2.75) is 51.3 Å². The summed E-state index contributed by atoms with van der Waals surface area (Å²) in [7, 11) is 0. The summed E-state index contributed by atoms with van der Waals surface area (Å²) in [5.41, 5.74) is 1.36. The summed E-state index contributed by atoms with van der Waals surface area (Å²) in [6, 6.07) is 0.509. The zero-order chi connectivity index (χ0) is 12.4. The molecule has 0 radical (unpaired) electrons. The molecule has 4 nitrogen and oxygen atoms in total. The van der Waals surface area contributed by atoms with E-state index in [2.05, 4.69) is 21.8 Å². The topological polar surface area (TPSA) is 39.1 Å². The normalized spacial score (nSPS) is 32.2. The summed E-state index contributed by atoms with van der Waals surface area (Å²) in [6.45, 7) is 5.34. The highest BCUT2D eigenvalue weighted by atomic mass is 16.5. The molecule has 2 aliphatic heterocycles. The van der Waals surface area contributed by atoms with E-state index in [0.717, 1.165) is 26.1 Å². The van der Waals surface area contributed by atoms with Crippen LogP contribution in [0.1, 0.15) is 44.3 Å². The number of nitrogens with zero attached hydrogens (tertiary/aromatic N) is 2. The molecule has 0 saturated carbocycles. The Labute approximate surface area is 109 Å². The number of hydrogen-bond acceptors (Lipinski definition) is 3. The Balaban J connectivity index is 1.70. The van der Waals surface area contributed by atoms with Crippen molar-refractivity contribution in [3.8, 4) is 0 Å². The standard InChI is InChI=1S/C14H23N3O/c1-2-14-11(5-7-18-14)9-17-10-15-8-13(17)12-4-3-6-16-12/h8,10-12,14,16H,2-7,9H2,1H3. The molecule has 3 rings (SSSR count). The second-order valence-electron chi connectivity index (χ2n) is 5.49. The van der Waals surface area contributed by atoms with Crippen molar-refractivity contribution in [3.05, 3.63) is 18.2 Å². The van der Waals surface area contributed by atoms with Gasteiger partial charge in [-0.1, -0.05) is 6.92 Å². The van der Waals surface area contributed by atoms with E-state index in [1.807, 2.05) is 12.5 Å². The van der Waals surface area contributed by atoms with E-state index in [4.69, 9.17) is 4.74 Å². The maximum atomic E-state index is 5.78. The lowest BCUT2D eigenvalue weighted by Crippen LogP contribution is -2.23. The van der Waals surface area contributed by atoms with Gasteiger partial charge in [0.15, 0.2) is 0 Å². The zero-order valence-corrected chi connectivity index (χ0v) is 11.1. The van der Waals surface area contributed by atoms with E-state index in [0.29, 0.717) is 18.1 Å². The van der Waals surface area contributed by atoms with Crippen LogP contribution in [0, 0.1) is 5.92 Å². The molecule has 1 aromatic rings. The third-order valence-electron chi connectivity index (χ3n) is 4.34. The Morgan fingerprint density at radius 2 is 2.44 bits per heavy atom. The van der Waals surface area contributed by atoms with Gasteiger partial charge in [0.1, 0.15) is 0 Å². The molecule has 0 aromatic carbocycles. The van der Waals surface area contributed by atoms with Gasteiger partial charge in [-0.15, -0.1) is 0 Å². The highest BCUT2D eigenvalue weighted by molar-refractivity contribution is 5.07. The van der Waals surface area contributed by atoms with Gasteiger partial charge in [0, 0.05) is 31.3 Å². The minimum atomic E-state index is 0.441. The monoisotopic (exact) mass is 249 g/mol. The van der Waals surface area contributed by atoms with Crippen molar-refractivity contribution in [3.63, 3.8) is 0 Å². The van der Waals surface area contributed by atoms with E-state index in [1.165, 1.54) is 25.0 Å². The first-order chi connectivity index (χ1) is 8.88. The van der Waals surface area contributed by atoms with Crippen LogP contribution in [0.3, 0.4) is 0 Å². The van der Waals surface area contributed by atoms with Crippen LogP contribution in [0.5, 0.6) is 0 Å². The van der Waals surface area contributed by atoms with Gasteiger partial charge in [0.2, 0.25) is 0 Å². The van der Waals surface area contributed by atoms with Crippen LogP contribution in [-0.4, -0.2) is 28.8 Å². The molecule has 3 unspecified atom stereocenters. The molecule has 0 amide bonds. The van der Waals surface area contributed by atoms with Gasteiger partial charge in [-0.2, -0.15) is 0 Å². The van der Waals surface area contributed by atoms with Crippen LogP contribution in [0.4, 0.5) is 0 Å². The van der Waals surface area contributed by atoms with Crippen LogP contribution >= 0.6 is 0 Å². The largest absolute Gasteiger partial charge is 0.378 e. The van der Waals surface area contributed by atoms with Crippen LogP contribution in [0.2, 0.25) is 0 Å². The van der Waals surface area contributed by atoms with Crippen molar-refractivity contribution < 1.29 is 4.74 Å². The summed E-state index contributed by atoms with van der Waals surface area (Å²) in [5.74, 6) is 0.657. The molecule has 0 spiro atoms. The molecule has 4 heteroatoms. The minimum Gasteiger partial charge on any atom is -0.378 e. The van der Waals surface area contributed by atoms with E-state index in [1.54, 1.807) is 0 Å². The van der Waals surface area contributed by atoms with E-state index >= 15 is 0 Å². The zero-order valence-electron chi connectivity index (χ0n) is 11.1. The molecule has 2 aliphatic rings. The van der Waals surface area contributed by atoms with Crippen LogP contribution in [-0.2, 0) is 11.3 Å². The van der Waals surface area contributed by atoms with Gasteiger partial charge in [-0.05, 0) is 32.2 Å². The highest BCUT2D eigenvalue weighted by Crippen LogP contribution is 2.28. The van der Waals surface area contributed by atoms with Crippen molar-refractivity contribution in [2.75, 3.05) is 13.2 Å². The Hall–Kier alpha value is -0.870. The maximum Gasteiger partial charge on any atom is 0.0948 e. The summed E-state index contributed by atoms with van der Waals surface area (Å²) in [4.78, 5) is 4.34. The fraction of sp³-hybridized carbons (Fsp3) is 0.786. The van der Waals surface area contributed by atoms with Gasteiger partial charge < -0.3 is 14.6 Å². The minimum absolute atomic E-state index is 0.441. The number of aromatic nitrogens is 2. The first-order valence-electron chi connectivity index (χ1n) is 7.23. The number of hydrogen-bond donors (Lipinski definition) is 1. The number of imidazole rings is 1. The van der Waals surface area contributed by atoms with Gasteiger partial charge in [-0.25, -0.2) is 4.98 Å². The van der Waals surface area contributed by atoms with Crippen molar-refractivity contribution in [2.24, 2.45) is 5.92 Å². The Kier molecular flexibility index (Phi) is 3.66. The molecule has 3 heterocycles. The average Bonchev–Trinajstić information content (AvgIpc) is 3.09. The van der Waals surface area contributed by atoms with Gasteiger partial charge in [0.05, 0.1) is 18.1 Å². The van der Waals surface area contributed by atoms with Crippen molar-refractivity contribution in [1.29, 1.82) is 0 Å². The molecular weight excluding hydrogens is 226 g/mol. The van der Waals surface area contributed by atoms with Crippen LogP contribution < -0.4 is 5.32 Å². The Morgan fingerprint density at radius 1 is 1.50 bits per heavy atom. The Bertz CT molecular complexity index is 384. The fourth-order valence-electron chi connectivity index (χ4n) is 3.32. The first kappa shape index (κ1) is 12.2. The Morgan fingerprint density at radius 3 is 3.22 bits per heavy atom. The van der Waals surface area contributed by atoms with Gasteiger partial charge >= 0.3 is 0 Å². The molecule has 0 bridgehead atoms. The summed E-state index contributed by atoms with van der Waals surface area (Å²) < 4.78 is 8.12. The molecule has 2 fully saturated rings. The SMILES string of the molecule is CCC1OCCC1Cn1cncc1C1CCCN1. The molecule has 3 atom stereocenters. The highest BCUT2D eigenvalue weighted by Gasteiger charge is 2.28. The number of nitrogens with one attached hydrogen (secondary N) is 1.